The predicted molar refractivity (Wildman–Crippen MR) is 74.6 cm³/mol. The third-order valence-electron chi connectivity index (χ3n) is 4.07. The number of fused-ring (bicyclic) bond motifs is 2. The van der Waals surface area contributed by atoms with Crippen LogP contribution < -0.4 is 0 Å². The molecule has 1 aromatic rings. The lowest BCUT2D eigenvalue weighted by Gasteiger charge is -2.29. The summed E-state index contributed by atoms with van der Waals surface area (Å²) >= 11 is 0. The summed E-state index contributed by atoms with van der Waals surface area (Å²) < 4.78 is 14.7. The molecule has 0 N–H and O–H groups in total. The number of hydrogen-bond acceptors (Lipinski definition) is 6. The summed E-state index contributed by atoms with van der Waals surface area (Å²) in [4.78, 5) is 36.5. The molecule has 3 rings (SSSR count). The van der Waals surface area contributed by atoms with E-state index in [1.165, 1.54) is 14.2 Å². The smallest absolute Gasteiger partial charge is 0.335 e. The number of hydrogen-bond donors (Lipinski definition) is 0. The molecule has 1 aromatic carbocycles. The molecule has 0 saturated carbocycles. The van der Waals surface area contributed by atoms with Crippen LogP contribution in [0.4, 0.5) is 0 Å². The van der Waals surface area contributed by atoms with Crippen LogP contribution in [0.2, 0.25) is 0 Å². The van der Waals surface area contributed by atoms with E-state index in [0.29, 0.717) is 11.1 Å². The number of benzene rings is 1. The summed E-state index contributed by atoms with van der Waals surface area (Å²) in [5.74, 6) is -3.80. The number of ether oxygens (including phenoxy) is 3. The summed E-state index contributed by atoms with van der Waals surface area (Å²) in [5, 5.41) is 0. The van der Waals surface area contributed by atoms with E-state index in [1.807, 2.05) is 0 Å². The van der Waals surface area contributed by atoms with Gasteiger partial charge in [0.1, 0.15) is 18.4 Å². The van der Waals surface area contributed by atoms with Gasteiger partial charge in [-0.2, -0.15) is 0 Å². The van der Waals surface area contributed by atoms with Gasteiger partial charge in [-0.05, 0) is 11.1 Å². The topological polar surface area (TPSA) is 78.9 Å². The number of esters is 3. The van der Waals surface area contributed by atoms with Crippen LogP contribution in [-0.2, 0) is 28.6 Å². The van der Waals surface area contributed by atoms with Crippen LogP contribution in [-0.4, -0.2) is 38.7 Å². The molecule has 2 unspecified atom stereocenters. The van der Waals surface area contributed by atoms with E-state index < -0.39 is 29.7 Å². The molecule has 0 fully saturated rings. The van der Waals surface area contributed by atoms with E-state index in [0.717, 1.165) is 5.56 Å². The minimum atomic E-state index is -1.04. The molecule has 6 heteroatoms. The van der Waals surface area contributed by atoms with Gasteiger partial charge in [-0.25, -0.2) is 4.79 Å². The lowest BCUT2D eigenvalue weighted by atomic mass is 9.72. The zero-order valence-electron chi connectivity index (χ0n) is 12.1. The molecule has 0 saturated heterocycles. The predicted octanol–water partition coefficient (Wildman–Crippen LogP) is 1.06. The summed E-state index contributed by atoms with van der Waals surface area (Å²) in [6.45, 7) is 0.0898. The number of carbonyl (C=O) groups is 3. The minimum Gasteiger partial charge on any atom is -0.469 e. The first kappa shape index (κ1) is 14.3. The van der Waals surface area contributed by atoms with Gasteiger partial charge in [0.2, 0.25) is 0 Å². The van der Waals surface area contributed by atoms with Crippen molar-refractivity contribution in [3.8, 4) is 0 Å². The highest BCUT2D eigenvalue weighted by molar-refractivity contribution is 6.10. The average molecular weight is 302 g/mol. The zero-order valence-corrected chi connectivity index (χ0v) is 12.1. The second kappa shape index (κ2) is 5.29. The minimum absolute atomic E-state index is 0.0898. The molecule has 2 atom stereocenters. The van der Waals surface area contributed by atoms with Crippen LogP contribution in [0.15, 0.2) is 29.8 Å². The molecule has 1 aliphatic heterocycles. The van der Waals surface area contributed by atoms with Crippen molar-refractivity contribution in [3.63, 3.8) is 0 Å². The Morgan fingerprint density at radius 3 is 2.41 bits per heavy atom. The highest BCUT2D eigenvalue weighted by Crippen LogP contribution is 2.46. The molecule has 0 amide bonds. The van der Waals surface area contributed by atoms with Gasteiger partial charge in [0, 0.05) is 5.57 Å². The number of rotatable bonds is 2. The number of carbonyl (C=O) groups excluding carboxylic acids is 3. The lowest BCUT2D eigenvalue weighted by Crippen LogP contribution is -2.36. The van der Waals surface area contributed by atoms with Crippen LogP contribution in [0.5, 0.6) is 0 Å². The quantitative estimate of drug-likeness (QED) is 0.600. The Balaban J connectivity index is 2.27. The Kier molecular flexibility index (Phi) is 3.44. The van der Waals surface area contributed by atoms with E-state index in [2.05, 4.69) is 0 Å². The van der Waals surface area contributed by atoms with Crippen molar-refractivity contribution in [3.05, 3.63) is 41.0 Å². The van der Waals surface area contributed by atoms with Crippen molar-refractivity contribution in [1.29, 1.82) is 0 Å². The van der Waals surface area contributed by atoms with Gasteiger partial charge in [-0.1, -0.05) is 24.3 Å². The molecule has 2 aliphatic rings. The van der Waals surface area contributed by atoms with Gasteiger partial charge in [0.05, 0.1) is 19.8 Å². The van der Waals surface area contributed by atoms with Crippen LogP contribution in [0.1, 0.15) is 17.0 Å². The molecule has 1 heterocycles. The zero-order chi connectivity index (χ0) is 15.9. The first-order valence-corrected chi connectivity index (χ1v) is 6.75. The van der Waals surface area contributed by atoms with Gasteiger partial charge in [-0.3, -0.25) is 9.59 Å². The van der Waals surface area contributed by atoms with E-state index in [1.54, 1.807) is 24.3 Å². The summed E-state index contributed by atoms with van der Waals surface area (Å²) in [6.07, 6.45) is 0. The maximum absolute atomic E-state index is 12.3. The Morgan fingerprint density at radius 2 is 1.73 bits per heavy atom. The summed E-state index contributed by atoms with van der Waals surface area (Å²) in [7, 11) is 2.47. The van der Waals surface area contributed by atoms with E-state index in [4.69, 9.17) is 14.2 Å². The average Bonchev–Trinajstić information content (AvgIpc) is 2.94. The molecule has 0 aromatic heterocycles. The Bertz CT molecular complexity index is 702. The normalized spacial score (nSPS) is 22.5. The van der Waals surface area contributed by atoms with E-state index in [-0.39, 0.29) is 12.2 Å². The highest BCUT2D eigenvalue weighted by Gasteiger charge is 2.49. The van der Waals surface area contributed by atoms with Crippen molar-refractivity contribution >= 4 is 23.5 Å². The van der Waals surface area contributed by atoms with E-state index >= 15 is 0 Å². The maximum Gasteiger partial charge on any atom is 0.335 e. The molecular weight excluding hydrogens is 288 g/mol. The lowest BCUT2D eigenvalue weighted by molar-refractivity contribution is -0.154. The number of methoxy groups -OCH3 is 2. The fraction of sp³-hybridized carbons (Fsp3) is 0.312. The van der Waals surface area contributed by atoms with Crippen molar-refractivity contribution in [2.75, 3.05) is 20.8 Å². The molecule has 0 radical (unpaired) electrons. The van der Waals surface area contributed by atoms with Gasteiger partial charge in [0.25, 0.3) is 0 Å². The third-order valence-corrected chi connectivity index (χ3v) is 4.07. The van der Waals surface area contributed by atoms with Gasteiger partial charge < -0.3 is 14.2 Å². The van der Waals surface area contributed by atoms with Crippen LogP contribution in [0.3, 0.4) is 0 Å². The Morgan fingerprint density at radius 1 is 1.09 bits per heavy atom. The van der Waals surface area contributed by atoms with Crippen molar-refractivity contribution in [2.45, 2.75) is 5.92 Å². The first-order chi connectivity index (χ1) is 10.6. The van der Waals surface area contributed by atoms with Gasteiger partial charge in [0.15, 0.2) is 0 Å². The number of cyclic esters (lactones) is 1. The second-order valence-electron chi connectivity index (χ2n) is 5.06. The van der Waals surface area contributed by atoms with Crippen molar-refractivity contribution in [2.24, 2.45) is 5.92 Å². The molecule has 0 spiro atoms. The van der Waals surface area contributed by atoms with Gasteiger partial charge in [-0.15, -0.1) is 0 Å². The molecule has 6 nitrogen and oxygen atoms in total. The monoisotopic (exact) mass is 302 g/mol. The Hall–Kier alpha value is -2.63. The molecule has 22 heavy (non-hydrogen) atoms. The SMILES string of the molecule is COC(=O)C1C2=C(COC2=O)c2ccccc2C1C(=O)OC. The van der Waals surface area contributed by atoms with Crippen molar-refractivity contribution < 1.29 is 28.6 Å². The van der Waals surface area contributed by atoms with Crippen LogP contribution >= 0.6 is 0 Å². The summed E-state index contributed by atoms with van der Waals surface area (Å²) in [5.41, 5.74) is 2.21. The molecule has 1 aliphatic carbocycles. The largest absolute Gasteiger partial charge is 0.469 e. The maximum atomic E-state index is 12.3. The molecule has 114 valence electrons. The van der Waals surface area contributed by atoms with Crippen molar-refractivity contribution in [1.82, 2.24) is 0 Å². The fourth-order valence-corrected chi connectivity index (χ4v) is 3.11. The van der Waals surface area contributed by atoms with Gasteiger partial charge >= 0.3 is 17.9 Å². The first-order valence-electron chi connectivity index (χ1n) is 6.75. The fourth-order valence-electron chi connectivity index (χ4n) is 3.11. The Labute approximate surface area is 126 Å². The summed E-state index contributed by atoms with van der Waals surface area (Å²) in [6, 6.07) is 7.13. The third kappa shape index (κ3) is 1.91. The van der Waals surface area contributed by atoms with E-state index in [9.17, 15) is 14.4 Å². The standard InChI is InChI=1S/C16H14O6/c1-20-14(17)11-9-6-4-3-5-8(9)10-7-22-16(19)12(10)13(11)15(18)21-2/h3-6,11,13H,7H2,1-2H3. The molecule has 0 bridgehead atoms. The highest BCUT2D eigenvalue weighted by atomic mass is 16.5. The molecular formula is C16H14O6. The van der Waals surface area contributed by atoms with Crippen LogP contribution in [0.25, 0.3) is 5.57 Å². The second-order valence-corrected chi connectivity index (χ2v) is 5.06. The van der Waals surface area contributed by atoms with Crippen LogP contribution in [0, 0.1) is 5.92 Å².